The number of aliphatic hydroxyl groups excluding tert-OH is 1. The average molecular weight is 271 g/mol. The molecule has 104 valence electrons. The monoisotopic (exact) mass is 271 g/mol. The Morgan fingerprint density at radius 1 is 1.30 bits per heavy atom. The van der Waals surface area contributed by atoms with Crippen LogP contribution in [0.1, 0.15) is 23.0 Å². The van der Waals surface area contributed by atoms with Gasteiger partial charge in [0.25, 0.3) is 5.91 Å². The summed E-state index contributed by atoms with van der Waals surface area (Å²) in [7, 11) is 0. The van der Waals surface area contributed by atoms with E-state index in [-0.39, 0.29) is 18.2 Å². The Balaban J connectivity index is 2.22. The van der Waals surface area contributed by atoms with Gasteiger partial charge in [-0.25, -0.2) is 4.98 Å². The molecule has 1 heterocycles. The van der Waals surface area contributed by atoms with Crippen LogP contribution in [0.2, 0.25) is 0 Å². The summed E-state index contributed by atoms with van der Waals surface area (Å²) in [6, 6.07) is 12.5. The number of nitrogens with two attached hydrogens (primary N) is 1. The van der Waals surface area contributed by atoms with Gasteiger partial charge in [-0.1, -0.05) is 30.3 Å². The number of benzene rings is 1. The van der Waals surface area contributed by atoms with E-state index in [1.807, 2.05) is 30.3 Å². The minimum absolute atomic E-state index is 0.211. The first-order valence-corrected chi connectivity index (χ1v) is 6.25. The van der Waals surface area contributed by atoms with Gasteiger partial charge in [0.1, 0.15) is 5.69 Å². The standard InChI is InChI=1S/C15H17N3O2/c1-15(10-19,11-5-3-2-4-6-11)18-14(20)13-8-7-12(16)9-17-13/h2-9,19H,10,16H2,1H3,(H,18,20). The van der Waals surface area contributed by atoms with Crippen molar-refractivity contribution < 1.29 is 9.90 Å². The number of hydrogen-bond acceptors (Lipinski definition) is 4. The number of pyridine rings is 1. The molecule has 0 saturated heterocycles. The highest BCUT2D eigenvalue weighted by molar-refractivity contribution is 5.93. The molecule has 5 nitrogen and oxygen atoms in total. The van der Waals surface area contributed by atoms with Gasteiger partial charge in [-0.2, -0.15) is 0 Å². The van der Waals surface area contributed by atoms with Crippen LogP contribution >= 0.6 is 0 Å². The minimum Gasteiger partial charge on any atom is -0.397 e. The van der Waals surface area contributed by atoms with Crippen molar-refractivity contribution in [2.24, 2.45) is 0 Å². The molecule has 2 rings (SSSR count). The lowest BCUT2D eigenvalue weighted by Crippen LogP contribution is -2.46. The number of aliphatic hydroxyl groups is 1. The smallest absolute Gasteiger partial charge is 0.270 e. The molecule has 1 aromatic heterocycles. The summed E-state index contributed by atoms with van der Waals surface area (Å²) in [5, 5.41) is 12.4. The molecule has 0 aliphatic heterocycles. The van der Waals surface area contributed by atoms with Gasteiger partial charge in [-0.05, 0) is 24.6 Å². The molecule has 1 atom stereocenters. The van der Waals surface area contributed by atoms with Crippen molar-refractivity contribution >= 4 is 11.6 Å². The lowest BCUT2D eigenvalue weighted by molar-refractivity contribution is 0.0844. The van der Waals surface area contributed by atoms with E-state index in [1.165, 1.54) is 6.20 Å². The van der Waals surface area contributed by atoms with E-state index in [4.69, 9.17) is 5.73 Å². The van der Waals surface area contributed by atoms with E-state index in [0.29, 0.717) is 5.69 Å². The molecule has 0 bridgehead atoms. The molecule has 0 aliphatic carbocycles. The molecule has 1 amide bonds. The van der Waals surface area contributed by atoms with Crippen LogP contribution in [0.4, 0.5) is 5.69 Å². The largest absolute Gasteiger partial charge is 0.397 e. The Kier molecular flexibility index (Phi) is 4.00. The predicted octanol–water partition coefficient (Wildman–Crippen LogP) is 1.30. The van der Waals surface area contributed by atoms with Crippen molar-refractivity contribution in [3.05, 3.63) is 59.9 Å². The fourth-order valence-corrected chi connectivity index (χ4v) is 1.86. The first-order chi connectivity index (χ1) is 9.55. The second-order valence-electron chi connectivity index (χ2n) is 4.79. The lowest BCUT2D eigenvalue weighted by atomic mass is 9.92. The van der Waals surface area contributed by atoms with Gasteiger partial charge in [0, 0.05) is 0 Å². The molecular formula is C15H17N3O2. The van der Waals surface area contributed by atoms with E-state index < -0.39 is 5.54 Å². The van der Waals surface area contributed by atoms with Gasteiger partial charge < -0.3 is 16.2 Å². The molecule has 0 radical (unpaired) electrons. The average Bonchev–Trinajstić information content (AvgIpc) is 2.48. The molecule has 4 N–H and O–H groups in total. The van der Waals surface area contributed by atoms with Gasteiger partial charge in [-0.15, -0.1) is 0 Å². The number of amides is 1. The molecule has 0 fully saturated rings. The Morgan fingerprint density at radius 3 is 2.55 bits per heavy atom. The number of nitrogen functional groups attached to an aromatic ring is 1. The Hall–Kier alpha value is -2.40. The van der Waals surface area contributed by atoms with Gasteiger partial charge in [-0.3, -0.25) is 4.79 Å². The zero-order chi connectivity index (χ0) is 14.6. The molecule has 20 heavy (non-hydrogen) atoms. The maximum absolute atomic E-state index is 12.2. The molecule has 0 aliphatic rings. The second-order valence-corrected chi connectivity index (χ2v) is 4.79. The highest BCUT2D eigenvalue weighted by Crippen LogP contribution is 2.20. The predicted molar refractivity (Wildman–Crippen MR) is 77.0 cm³/mol. The summed E-state index contributed by atoms with van der Waals surface area (Å²) >= 11 is 0. The molecule has 1 aromatic carbocycles. The summed E-state index contributed by atoms with van der Waals surface area (Å²) in [5.41, 5.74) is 6.26. The van der Waals surface area contributed by atoms with Crippen molar-refractivity contribution in [1.29, 1.82) is 0 Å². The van der Waals surface area contributed by atoms with Gasteiger partial charge in [0.05, 0.1) is 24.0 Å². The van der Waals surface area contributed by atoms with Crippen LogP contribution in [0, 0.1) is 0 Å². The summed E-state index contributed by atoms with van der Waals surface area (Å²) in [6.45, 7) is 1.55. The summed E-state index contributed by atoms with van der Waals surface area (Å²) in [5.74, 6) is -0.356. The van der Waals surface area contributed by atoms with Gasteiger partial charge in [0.2, 0.25) is 0 Å². The first-order valence-electron chi connectivity index (χ1n) is 6.25. The van der Waals surface area contributed by atoms with E-state index in [2.05, 4.69) is 10.3 Å². The number of nitrogens with one attached hydrogen (secondary N) is 1. The Bertz CT molecular complexity index is 584. The second kappa shape index (κ2) is 5.71. The molecule has 0 spiro atoms. The molecular weight excluding hydrogens is 254 g/mol. The van der Waals surface area contributed by atoms with Crippen molar-refractivity contribution in [2.75, 3.05) is 12.3 Å². The summed E-state index contributed by atoms with van der Waals surface area (Å²) in [6.07, 6.45) is 1.42. The molecule has 0 saturated carbocycles. The topological polar surface area (TPSA) is 88.2 Å². The number of carbonyl (C=O) groups is 1. The first kappa shape index (κ1) is 14.0. The summed E-state index contributed by atoms with van der Waals surface area (Å²) < 4.78 is 0. The quantitative estimate of drug-likeness (QED) is 0.782. The number of aromatic nitrogens is 1. The zero-order valence-corrected chi connectivity index (χ0v) is 11.2. The molecule has 2 aromatic rings. The third kappa shape index (κ3) is 2.95. The SMILES string of the molecule is CC(CO)(NC(=O)c1ccc(N)cn1)c1ccccc1. The lowest BCUT2D eigenvalue weighted by Gasteiger charge is -2.29. The highest BCUT2D eigenvalue weighted by atomic mass is 16.3. The fourth-order valence-electron chi connectivity index (χ4n) is 1.86. The number of nitrogens with zero attached hydrogens (tertiary/aromatic N) is 1. The van der Waals surface area contributed by atoms with E-state index in [0.717, 1.165) is 5.56 Å². The maximum atomic E-state index is 12.2. The normalized spacial score (nSPS) is 13.5. The fraction of sp³-hybridized carbons (Fsp3) is 0.200. The van der Waals surface area contributed by atoms with Crippen molar-refractivity contribution in [3.8, 4) is 0 Å². The minimum atomic E-state index is -0.860. The van der Waals surface area contributed by atoms with Gasteiger partial charge in [0.15, 0.2) is 0 Å². The number of rotatable bonds is 4. The van der Waals surface area contributed by atoms with Crippen LogP contribution in [-0.4, -0.2) is 22.6 Å². The molecule has 1 unspecified atom stereocenters. The van der Waals surface area contributed by atoms with E-state index in [9.17, 15) is 9.90 Å². The number of hydrogen-bond donors (Lipinski definition) is 3. The molecule has 5 heteroatoms. The highest BCUT2D eigenvalue weighted by Gasteiger charge is 2.28. The third-order valence-corrected chi connectivity index (χ3v) is 3.14. The maximum Gasteiger partial charge on any atom is 0.270 e. The van der Waals surface area contributed by atoms with Crippen LogP contribution in [-0.2, 0) is 5.54 Å². The number of anilines is 1. The van der Waals surface area contributed by atoms with Gasteiger partial charge >= 0.3 is 0 Å². The van der Waals surface area contributed by atoms with E-state index >= 15 is 0 Å². The van der Waals surface area contributed by atoms with Crippen LogP contribution < -0.4 is 11.1 Å². The summed E-state index contributed by atoms with van der Waals surface area (Å²) in [4.78, 5) is 16.1. The van der Waals surface area contributed by atoms with E-state index in [1.54, 1.807) is 19.1 Å². The van der Waals surface area contributed by atoms with Crippen LogP contribution in [0.5, 0.6) is 0 Å². The van der Waals surface area contributed by atoms with Crippen molar-refractivity contribution in [3.63, 3.8) is 0 Å². The van der Waals surface area contributed by atoms with Crippen LogP contribution in [0.15, 0.2) is 48.7 Å². The van der Waals surface area contributed by atoms with Crippen LogP contribution in [0.25, 0.3) is 0 Å². The van der Waals surface area contributed by atoms with Crippen LogP contribution in [0.3, 0.4) is 0 Å². The Morgan fingerprint density at radius 2 is 2.00 bits per heavy atom. The number of carbonyl (C=O) groups excluding carboxylic acids is 1. The van der Waals surface area contributed by atoms with Crippen molar-refractivity contribution in [1.82, 2.24) is 10.3 Å². The zero-order valence-electron chi connectivity index (χ0n) is 11.2. The third-order valence-electron chi connectivity index (χ3n) is 3.14. The Labute approximate surface area is 117 Å². The van der Waals surface area contributed by atoms with Crippen molar-refractivity contribution in [2.45, 2.75) is 12.5 Å².